The number of piperidine rings is 1. The first kappa shape index (κ1) is 19.3. The number of hydrogen-bond donors (Lipinski definition) is 2. The summed E-state index contributed by atoms with van der Waals surface area (Å²) < 4.78 is 1.87. The molecule has 0 radical (unpaired) electrons. The number of nitrogens with one attached hydrogen (secondary N) is 2. The molecule has 0 unspecified atom stereocenters. The first-order chi connectivity index (χ1) is 13.2. The number of nitrogens with zero attached hydrogens (tertiary/aromatic N) is 4. The Morgan fingerprint density at radius 1 is 1.15 bits per heavy atom. The molecule has 0 saturated carbocycles. The van der Waals surface area contributed by atoms with Crippen LogP contribution in [0.3, 0.4) is 0 Å². The lowest BCUT2D eigenvalue weighted by Gasteiger charge is -2.32. The Morgan fingerprint density at radius 2 is 1.89 bits per heavy atom. The standard InChI is InChI=1S/C21H32N6/c1-4-22-21(24-16-20-9-12-25-26(20)3)23-15-18-5-7-19(8-6-18)27-13-10-17(2)11-14-27/h5-9,12,17H,4,10-11,13-16H2,1-3H3,(H2,22,23,24). The predicted octanol–water partition coefficient (Wildman–Crippen LogP) is 2.91. The molecule has 1 fully saturated rings. The highest BCUT2D eigenvalue weighted by Crippen LogP contribution is 2.23. The number of aryl methyl sites for hydroxylation is 1. The van der Waals surface area contributed by atoms with Crippen molar-refractivity contribution in [1.29, 1.82) is 0 Å². The van der Waals surface area contributed by atoms with Gasteiger partial charge in [0, 0.05) is 38.6 Å². The van der Waals surface area contributed by atoms with E-state index in [2.05, 4.69) is 58.7 Å². The van der Waals surface area contributed by atoms with E-state index in [-0.39, 0.29) is 0 Å². The number of anilines is 1. The summed E-state index contributed by atoms with van der Waals surface area (Å²) in [6.07, 6.45) is 4.40. The lowest BCUT2D eigenvalue weighted by molar-refractivity contribution is 0.438. The third-order valence-corrected chi connectivity index (χ3v) is 5.21. The van der Waals surface area contributed by atoms with E-state index in [1.165, 1.54) is 37.2 Å². The largest absolute Gasteiger partial charge is 0.372 e. The molecule has 1 aromatic heterocycles. The van der Waals surface area contributed by atoms with Crippen molar-refractivity contribution in [2.45, 2.75) is 39.8 Å². The zero-order valence-electron chi connectivity index (χ0n) is 16.8. The third kappa shape index (κ3) is 5.49. The van der Waals surface area contributed by atoms with Crippen LogP contribution in [0.4, 0.5) is 5.69 Å². The van der Waals surface area contributed by atoms with Gasteiger partial charge in [-0.15, -0.1) is 0 Å². The summed E-state index contributed by atoms with van der Waals surface area (Å²) in [7, 11) is 1.95. The van der Waals surface area contributed by atoms with Gasteiger partial charge in [-0.05, 0) is 49.4 Å². The van der Waals surface area contributed by atoms with Crippen LogP contribution in [0.5, 0.6) is 0 Å². The highest BCUT2D eigenvalue weighted by Gasteiger charge is 2.15. The Bertz CT molecular complexity index is 725. The average Bonchev–Trinajstić information content (AvgIpc) is 3.10. The molecule has 1 aliphatic heterocycles. The SMILES string of the molecule is CCNC(=NCc1ccc(N2CCC(C)CC2)cc1)NCc1ccnn1C. The average molecular weight is 369 g/mol. The summed E-state index contributed by atoms with van der Waals surface area (Å²) in [6, 6.07) is 10.9. The lowest BCUT2D eigenvalue weighted by atomic mass is 9.99. The van der Waals surface area contributed by atoms with E-state index in [1.54, 1.807) is 0 Å². The quantitative estimate of drug-likeness (QED) is 0.608. The van der Waals surface area contributed by atoms with Gasteiger partial charge in [-0.2, -0.15) is 5.10 Å². The summed E-state index contributed by atoms with van der Waals surface area (Å²) in [5.41, 5.74) is 3.68. The van der Waals surface area contributed by atoms with Crippen LogP contribution in [0, 0.1) is 5.92 Å². The lowest BCUT2D eigenvalue weighted by Crippen LogP contribution is -2.37. The van der Waals surface area contributed by atoms with Crippen molar-refractivity contribution in [1.82, 2.24) is 20.4 Å². The molecule has 2 heterocycles. The van der Waals surface area contributed by atoms with Gasteiger partial charge in [-0.3, -0.25) is 4.68 Å². The summed E-state index contributed by atoms with van der Waals surface area (Å²) in [6.45, 7) is 8.97. The molecule has 6 heteroatoms. The fourth-order valence-corrected chi connectivity index (χ4v) is 3.34. The molecule has 27 heavy (non-hydrogen) atoms. The third-order valence-electron chi connectivity index (χ3n) is 5.21. The van der Waals surface area contributed by atoms with Crippen LogP contribution in [0.25, 0.3) is 0 Å². The molecule has 0 bridgehead atoms. The maximum atomic E-state index is 4.72. The van der Waals surface area contributed by atoms with E-state index in [0.717, 1.165) is 24.1 Å². The molecule has 146 valence electrons. The Morgan fingerprint density at radius 3 is 2.52 bits per heavy atom. The molecular weight excluding hydrogens is 336 g/mol. The monoisotopic (exact) mass is 368 g/mol. The van der Waals surface area contributed by atoms with Gasteiger partial charge < -0.3 is 15.5 Å². The second kappa shape index (κ2) is 9.44. The molecule has 2 N–H and O–H groups in total. The first-order valence-corrected chi connectivity index (χ1v) is 9.98. The van der Waals surface area contributed by atoms with Crippen molar-refractivity contribution in [2.24, 2.45) is 18.0 Å². The Labute approximate surface area is 162 Å². The molecule has 6 nitrogen and oxygen atoms in total. The Balaban J connectivity index is 1.56. The minimum absolute atomic E-state index is 0.665. The fraction of sp³-hybridized carbons (Fsp3) is 0.524. The maximum Gasteiger partial charge on any atom is 0.191 e. The van der Waals surface area contributed by atoms with E-state index >= 15 is 0 Å². The van der Waals surface area contributed by atoms with Crippen molar-refractivity contribution in [2.75, 3.05) is 24.5 Å². The van der Waals surface area contributed by atoms with E-state index in [9.17, 15) is 0 Å². The second-order valence-electron chi connectivity index (χ2n) is 7.33. The van der Waals surface area contributed by atoms with Gasteiger partial charge in [-0.1, -0.05) is 19.1 Å². The van der Waals surface area contributed by atoms with Crippen LogP contribution >= 0.6 is 0 Å². The summed E-state index contributed by atoms with van der Waals surface area (Å²) >= 11 is 0. The highest BCUT2D eigenvalue weighted by atomic mass is 15.3. The van der Waals surface area contributed by atoms with Crippen LogP contribution in [0.2, 0.25) is 0 Å². The second-order valence-corrected chi connectivity index (χ2v) is 7.33. The summed E-state index contributed by atoms with van der Waals surface area (Å²) in [4.78, 5) is 7.21. The van der Waals surface area contributed by atoms with E-state index in [1.807, 2.05) is 24.0 Å². The fourth-order valence-electron chi connectivity index (χ4n) is 3.34. The first-order valence-electron chi connectivity index (χ1n) is 9.98. The van der Waals surface area contributed by atoms with E-state index in [0.29, 0.717) is 13.1 Å². The highest BCUT2D eigenvalue weighted by molar-refractivity contribution is 5.79. The maximum absolute atomic E-state index is 4.72. The smallest absolute Gasteiger partial charge is 0.191 e. The molecule has 0 amide bonds. The molecule has 2 aromatic rings. The van der Waals surface area contributed by atoms with Crippen LogP contribution in [0.1, 0.15) is 37.9 Å². The van der Waals surface area contributed by atoms with Crippen molar-refractivity contribution in [3.8, 4) is 0 Å². The van der Waals surface area contributed by atoms with Crippen molar-refractivity contribution in [3.05, 3.63) is 47.8 Å². The Kier molecular flexibility index (Phi) is 6.74. The van der Waals surface area contributed by atoms with Crippen molar-refractivity contribution in [3.63, 3.8) is 0 Å². The van der Waals surface area contributed by atoms with Gasteiger partial charge in [0.15, 0.2) is 5.96 Å². The molecular formula is C21H32N6. The molecule has 0 aliphatic carbocycles. The number of benzene rings is 1. The predicted molar refractivity (Wildman–Crippen MR) is 112 cm³/mol. The van der Waals surface area contributed by atoms with Crippen molar-refractivity contribution >= 4 is 11.6 Å². The van der Waals surface area contributed by atoms with Crippen LogP contribution < -0.4 is 15.5 Å². The van der Waals surface area contributed by atoms with Gasteiger partial charge in [0.1, 0.15) is 0 Å². The Hall–Kier alpha value is -2.50. The summed E-state index contributed by atoms with van der Waals surface area (Å²) in [5.74, 6) is 1.69. The molecule has 0 atom stereocenters. The van der Waals surface area contributed by atoms with Gasteiger partial charge in [0.2, 0.25) is 0 Å². The topological polar surface area (TPSA) is 57.5 Å². The zero-order valence-corrected chi connectivity index (χ0v) is 16.8. The van der Waals surface area contributed by atoms with Gasteiger partial charge >= 0.3 is 0 Å². The number of aromatic nitrogens is 2. The number of hydrogen-bond acceptors (Lipinski definition) is 3. The molecule has 1 aromatic carbocycles. The van der Waals surface area contributed by atoms with Gasteiger partial charge in [0.25, 0.3) is 0 Å². The van der Waals surface area contributed by atoms with Gasteiger partial charge in [-0.25, -0.2) is 4.99 Å². The minimum atomic E-state index is 0.665. The number of guanidine groups is 1. The number of aliphatic imine (C=N–C) groups is 1. The zero-order chi connectivity index (χ0) is 19.1. The number of rotatable bonds is 6. The molecule has 1 saturated heterocycles. The van der Waals surface area contributed by atoms with Crippen LogP contribution in [-0.4, -0.2) is 35.4 Å². The van der Waals surface area contributed by atoms with Crippen LogP contribution in [0.15, 0.2) is 41.5 Å². The van der Waals surface area contributed by atoms with Gasteiger partial charge in [0.05, 0.1) is 18.8 Å². The normalized spacial score (nSPS) is 15.8. The molecule has 0 spiro atoms. The molecule has 3 rings (SSSR count). The van der Waals surface area contributed by atoms with E-state index in [4.69, 9.17) is 4.99 Å². The van der Waals surface area contributed by atoms with E-state index < -0.39 is 0 Å². The van der Waals surface area contributed by atoms with Crippen LogP contribution in [-0.2, 0) is 20.1 Å². The summed E-state index contributed by atoms with van der Waals surface area (Å²) in [5, 5.41) is 10.9. The van der Waals surface area contributed by atoms with Crippen molar-refractivity contribution < 1.29 is 0 Å². The molecule has 1 aliphatic rings. The minimum Gasteiger partial charge on any atom is -0.372 e.